The zero-order valence-corrected chi connectivity index (χ0v) is 23.7. The molecular weight excluding hydrogens is 530 g/mol. The lowest BCUT2D eigenvalue weighted by Crippen LogP contribution is -2.53. The van der Waals surface area contributed by atoms with Crippen LogP contribution in [0.2, 0.25) is 0 Å². The SMILES string of the molecule is CC[C@H](NC(=O)c1coc([C@H](CC)NC(=O)CNC)n1)C(=O)NC(CCCN=C(N)N)C(=O)NCc1ccccc1. The predicted molar refractivity (Wildman–Crippen MR) is 153 cm³/mol. The first-order valence-electron chi connectivity index (χ1n) is 13.6. The molecule has 1 heterocycles. The number of likely N-dealkylation sites (N-methyl/N-ethyl adjacent to an activating group) is 1. The van der Waals surface area contributed by atoms with Crippen LogP contribution in [0.5, 0.6) is 0 Å². The Balaban J connectivity index is 2.05. The third kappa shape index (κ3) is 11.3. The van der Waals surface area contributed by atoms with E-state index in [9.17, 15) is 19.2 Å². The van der Waals surface area contributed by atoms with Gasteiger partial charge in [-0.25, -0.2) is 4.98 Å². The molecule has 3 atom stereocenters. The maximum Gasteiger partial charge on any atom is 0.273 e. The summed E-state index contributed by atoms with van der Waals surface area (Å²) in [6.45, 7) is 4.27. The largest absolute Gasteiger partial charge is 0.446 e. The van der Waals surface area contributed by atoms with Gasteiger partial charge in [0.1, 0.15) is 24.4 Å². The van der Waals surface area contributed by atoms with Crippen LogP contribution in [0.15, 0.2) is 46.0 Å². The van der Waals surface area contributed by atoms with Crippen molar-refractivity contribution >= 4 is 29.6 Å². The fourth-order valence-electron chi connectivity index (χ4n) is 3.83. The molecule has 0 aliphatic carbocycles. The molecule has 0 bridgehead atoms. The molecule has 2 aromatic rings. The fraction of sp³-hybridized carbons (Fsp3) is 0.481. The molecule has 1 aromatic heterocycles. The van der Waals surface area contributed by atoms with Gasteiger partial charge in [-0.15, -0.1) is 0 Å². The van der Waals surface area contributed by atoms with E-state index in [-0.39, 0.29) is 61.8 Å². The van der Waals surface area contributed by atoms with Gasteiger partial charge in [0.05, 0.1) is 6.54 Å². The second-order valence-corrected chi connectivity index (χ2v) is 9.28. The number of guanidine groups is 1. The molecule has 4 amide bonds. The predicted octanol–water partition coefficient (Wildman–Crippen LogP) is -0.175. The number of aliphatic imine (C=N–C) groups is 1. The van der Waals surface area contributed by atoms with Crippen LogP contribution < -0.4 is 38.1 Å². The highest BCUT2D eigenvalue weighted by Crippen LogP contribution is 2.16. The Morgan fingerprint density at radius 3 is 2.34 bits per heavy atom. The first kappa shape index (κ1) is 32.8. The van der Waals surface area contributed by atoms with Crippen molar-refractivity contribution in [2.24, 2.45) is 16.5 Å². The van der Waals surface area contributed by atoms with Gasteiger partial charge >= 0.3 is 0 Å². The standard InChI is InChI=1S/C27H41N9O5/c1-4-18(34-25(40)21-16-41-26(36-21)19(5-2)33-22(37)15-30-3)24(39)35-20(12-9-13-31-27(28)29)23(38)32-14-17-10-7-6-8-11-17/h6-8,10-11,16,18-20,30H,4-5,9,12-15H2,1-3H3,(H,32,38)(H,33,37)(H,34,40)(H,35,39)(H4,28,29,31)/t18-,19-,20?/m0/s1. The van der Waals surface area contributed by atoms with Crippen molar-refractivity contribution in [1.29, 1.82) is 0 Å². The minimum atomic E-state index is -0.943. The smallest absolute Gasteiger partial charge is 0.273 e. The number of carbonyl (C=O) groups is 4. The molecule has 41 heavy (non-hydrogen) atoms. The number of oxazole rings is 1. The van der Waals surface area contributed by atoms with E-state index in [4.69, 9.17) is 15.9 Å². The van der Waals surface area contributed by atoms with Crippen LogP contribution in [0.3, 0.4) is 0 Å². The molecule has 0 saturated carbocycles. The number of rotatable bonds is 17. The Bertz CT molecular complexity index is 1160. The summed E-state index contributed by atoms with van der Waals surface area (Å²) in [4.78, 5) is 59.1. The Kier molecular flexibility index (Phi) is 13.8. The molecule has 9 N–H and O–H groups in total. The van der Waals surface area contributed by atoms with Gasteiger partial charge in [0.2, 0.25) is 23.6 Å². The number of aromatic nitrogens is 1. The molecule has 0 aliphatic rings. The number of amides is 4. The van der Waals surface area contributed by atoms with Crippen LogP contribution in [-0.4, -0.2) is 66.8 Å². The van der Waals surface area contributed by atoms with Gasteiger partial charge in [0, 0.05) is 13.1 Å². The molecule has 1 unspecified atom stereocenters. The normalized spacial score (nSPS) is 12.9. The lowest BCUT2D eigenvalue weighted by Gasteiger charge is -2.22. The summed E-state index contributed by atoms with van der Waals surface area (Å²) in [6, 6.07) is 7.03. The Hall–Kier alpha value is -4.46. The zero-order valence-electron chi connectivity index (χ0n) is 23.7. The summed E-state index contributed by atoms with van der Waals surface area (Å²) < 4.78 is 5.44. The third-order valence-corrected chi connectivity index (χ3v) is 6.05. The van der Waals surface area contributed by atoms with Gasteiger partial charge in [-0.05, 0) is 38.3 Å². The molecule has 0 radical (unpaired) electrons. The van der Waals surface area contributed by atoms with E-state index in [1.165, 1.54) is 6.26 Å². The van der Waals surface area contributed by atoms with Crippen molar-refractivity contribution in [3.63, 3.8) is 0 Å². The highest BCUT2D eigenvalue weighted by Gasteiger charge is 2.27. The minimum Gasteiger partial charge on any atom is -0.446 e. The second kappa shape index (κ2) is 17.3. The number of hydrogen-bond donors (Lipinski definition) is 7. The monoisotopic (exact) mass is 571 g/mol. The van der Waals surface area contributed by atoms with Crippen molar-refractivity contribution in [2.75, 3.05) is 20.1 Å². The number of benzene rings is 1. The average Bonchev–Trinajstić information content (AvgIpc) is 3.45. The summed E-state index contributed by atoms with van der Waals surface area (Å²) in [7, 11) is 1.65. The maximum absolute atomic E-state index is 13.1. The lowest BCUT2D eigenvalue weighted by molar-refractivity contribution is -0.130. The molecule has 0 aliphatic heterocycles. The van der Waals surface area contributed by atoms with Gasteiger partial charge in [0.25, 0.3) is 5.91 Å². The topological polar surface area (TPSA) is 219 Å². The van der Waals surface area contributed by atoms with E-state index < -0.39 is 29.9 Å². The molecular formula is C27H41N9O5. The van der Waals surface area contributed by atoms with E-state index >= 15 is 0 Å². The first-order valence-corrected chi connectivity index (χ1v) is 13.6. The molecule has 0 spiro atoms. The van der Waals surface area contributed by atoms with E-state index in [0.717, 1.165) is 5.56 Å². The van der Waals surface area contributed by atoms with Crippen molar-refractivity contribution < 1.29 is 23.6 Å². The van der Waals surface area contributed by atoms with Crippen molar-refractivity contribution in [3.8, 4) is 0 Å². The molecule has 0 fully saturated rings. The molecule has 0 saturated heterocycles. The van der Waals surface area contributed by atoms with Gasteiger partial charge in [-0.2, -0.15) is 0 Å². The average molecular weight is 572 g/mol. The van der Waals surface area contributed by atoms with Crippen LogP contribution in [-0.2, 0) is 20.9 Å². The highest BCUT2D eigenvalue weighted by atomic mass is 16.3. The second-order valence-electron chi connectivity index (χ2n) is 9.28. The van der Waals surface area contributed by atoms with Gasteiger partial charge in [0.15, 0.2) is 11.7 Å². The van der Waals surface area contributed by atoms with E-state index in [1.807, 2.05) is 37.3 Å². The van der Waals surface area contributed by atoms with E-state index in [1.54, 1.807) is 14.0 Å². The highest BCUT2D eigenvalue weighted by molar-refractivity contribution is 5.97. The third-order valence-electron chi connectivity index (χ3n) is 6.05. The van der Waals surface area contributed by atoms with E-state index in [2.05, 4.69) is 36.6 Å². The van der Waals surface area contributed by atoms with E-state index in [0.29, 0.717) is 12.8 Å². The summed E-state index contributed by atoms with van der Waals surface area (Å²) in [6.07, 6.45) is 2.64. The maximum atomic E-state index is 13.1. The molecule has 14 heteroatoms. The van der Waals surface area contributed by atoms with Crippen LogP contribution in [0, 0.1) is 0 Å². The van der Waals surface area contributed by atoms with Crippen LogP contribution in [0.25, 0.3) is 0 Å². The fourth-order valence-corrected chi connectivity index (χ4v) is 3.83. The number of nitrogens with two attached hydrogens (primary N) is 2. The van der Waals surface area contributed by atoms with Gasteiger partial charge in [-0.3, -0.25) is 24.2 Å². The number of nitrogens with one attached hydrogen (secondary N) is 5. The van der Waals surface area contributed by atoms with Crippen LogP contribution in [0.1, 0.15) is 67.5 Å². The van der Waals surface area contributed by atoms with Crippen molar-refractivity contribution in [3.05, 3.63) is 53.7 Å². The molecule has 1 aromatic carbocycles. The summed E-state index contributed by atoms with van der Waals surface area (Å²) >= 11 is 0. The Morgan fingerprint density at radius 1 is 0.976 bits per heavy atom. The molecule has 14 nitrogen and oxygen atoms in total. The van der Waals surface area contributed by atoms with Crippen molar-refractivity contribution in [2.45, 2.75) is 64.2 Å². The van der Waals surface area contributed by atoms with Crippen LogP contribution in [0.4, 0.5) is 0 Å². The van der Waals surface area contributed by atoms with Gasteiger partial charge in [-0.1, -0.05) is 44.2 Å². The zero-order chi connectivity index (χ0) is 30.2. The van der Waals surface area contributed by atoms with Crippen LogP contribution >= 0.6 is 0 Å². The Morgan fingerprint density at radius 2 is 1.71 bits per heavy atom. The lowest BCUT2D eigenvalue weighted by atomic mass is 10.1. The molecule has 2 rings (SSSR count). The summed E-state index contributed by atoms with van der Waals surface area (Å²) in [5.74, 6) is -1.66. The number of nitrogens with zero attached hydrogens (tertiary/aromatic N) is 2. The first-order chi connectivity index (χ1) is 19.7. The summed E-state index contributed by atoms with van der Waals surface area (Å²) in [5.41, 5.74) is 11.6. The number of carbonyl (C=O) groups excluding carboxylic acids is 4. The summed E-state index contributed by atoms with van der Waals surface area (Å²) in [5, 5.41) is 13.7. The quantitative estimate of drug-likeness (QED) is 0.0760. The minimum absolute atomic E-state index is 0.0399. The van der Waals surface area contributed by atoms with Gasteiger partial charge < -0.3 is 42.5 Å². The molecule has 224 valence electrons. The number of hydrogen-bond acceptors (Lipinski definition) is 8. The Labute approximate surface area is 239 Å². The van der Waals surface area contributed by atoms with Crippen molar-refractivity contribution in [1.82, 2.24) is 31.6 Å².